The topological polar surface area (TPSA) is 104 Å². The van der Waals surface area contributed by atoms with Crippen molar-refractivity contribution in [1.29, 1.82) is 0 Å². The van der Waals surface area contributed by atoms with E-state index in [0.717, 1.165) is 33.2 Å². The maximum atomic E-state index is 12.5. The first-order valence-corrected chi connectivity index (χ1v) is 18.9. The second-order valence-electron chi connectivity index (χ2n) is 10.6. The third-order valence-electron chi connectivity index (χ3n) is 6.09. The summed E-state index contributed by atoms with van der Waals surface area (Å²) in [4.78, 5) is 25.0. The molecule has 0 radical (unpaired) electrons. The average molecular weight is 625 g/mol. The molecular formula is C29H36N6O4S2Si. The highest BCUT2D eigenvalue weighted by atomic mass is 32.1. The van der Waals surface area contributed by atoms with Crippen LogP contribution in [0.2, 0.25) is 25.7 Å². The number of methoxy groups -OCH3 is 1. The normalized spacial score (nSPS) is 11.9. The SMILES string of the molecule is CCOC(=O)c1nc(N(C)c2cc(C)c(/N=c3\sc4ccccc4n3COCC[Si](C)(C)C)nn2)sc1C#CCOC. The highest BCUT2D eigenvalue weighted by Gasteiger charge is 2.22. The van der Waals surface area contributed by atoms with E-state index in [0.29, 0.717) is 28.4 Å². The molecule has 4 aromatic rings. The number of hydrogen-bond acceptors (Lipinski definition) is 11. The molecule has 1 aromatic carbocycles. The standard InChI is InChI=1S/C29H36N6O4S2Si/c1-8-39-27(36)25-23(14-11-15-37-4)41-28(30-25)34(3)24-18-20(2)26(33-32-24)31-29-35(19-38-16-17-42(5,6)7)21-12-9-10-13-22(21)40-29/h9-10,12-13,18H,8,15-17,19H2,1-7H3/b31-29-. The van der Waals surface area contributed by atoms with Gasteiger partial charge in [0.1, 0.15) is 18.2 Å². The summed E-state index contributed by atoms with van der Waals surface area (Å²) >= 11 is 2.87. The molecule has 0 saturated heterocycles. The van der Waals surface area contributed by atoms with Crippen molar-refractivity contribution in [2.75, 3.05) is 38.9 Å². The van der Waals surface area contributed by atoms with Gasteiger partial charge in [-0.05, 0) is 43.7 Å². The summed E-state index contributed by atoms with van der Waals surface area (Å²) < 4.78 is 19.5. The molecule has 0 bridgehead atoms. The van der Waals surface area contributed by atoms with E-state index in [2.05, 4.69) is 63.4 Å². The van der Waals surface area contributed by atoms with E-state index in [1.165, 1.54) is 11.3 Å². The molecule has 10 nitrogen and oxygen atoms in total. The third kappa shape index (κ3) is 7.90. The van der Waals surface area contributed by atoms with Gasteiger partial charge in [-0.3, -0.25) is 4.57 Å². The molecule has 4 rings (SSSR count). The zero-order chi connectivity index (χ0) is 30.3. The summed E-state index contributed by atoms with van der Waals surface area (Å²) in [6, 6.07) is 11.2. The number of aryl methyl sites for hydroxylation is 1. The van der Waals surface area contributed by atoms with Gasteiger partial charge in [-0.1, -0.05) is 66.3 Å². The largest absolute Gasteiger partial charge is 0.461 e. The van der Waals surface area contributed by atoms with E-state index in [1.54, 1.807) is 30.3 Å². The van der Waals surface area contributed by atoms with Crippen LogP contribution in [-0.4, -0.2) is 67.8 Å². The molecule has 0 amide bonds. The van der Waals surface area contributed by atoms with Crippen LogP contribution in [0.1, 0.15) is 27.9 Å². The van der Waals surface area contributed by atoms with Crippen LogP contribution >= 0.6 is 22.7 Å². The number of anilines is 2. The molecule has 3 aromatic heterocycles. The molecule has 0 atom stereocenters. The molecule has 13 heteroatoms. The Morgan fingerprint density at radius 2 is 1.98 bits per heavy atom. The number of fused-ring (bicyclic) bond motifs is 1. The lowest BCUT2D eigenvalue weighted by Crippen LogP contribution is -2.23. The molecule has 0 saturated carbocycles. The summed E-state index contributed by atoms with van der Waals surface area (Å²) in [5, 5.41) is 9.43. The first-order valence-electron chi connectivity index (χ1n) is 13.6. The zero-order valence-electron chi connectivity index (χ0n) is 25.1. The summed E-state index contributed by atoms with van der Waals surface area (Å²) in [5.41, 5.74) is 2.09. The van der Waals surface area contributed by atoms with Gasteiger partial charge in [-0.15, -0.1) is 10.2 Å². The Kier molecular flexibility index (Phi) is 10.6. The van der Waals surface area contributed by atoms with Gasteiger partial charge < -0.3 is 19.1 Å². The van der Waals surface area contributed by atoms with Crippen LogP contribution in [0.4, 0.5) is 16.8 Å². The van der Waals surface area contributed by atoms with Crippen LogP contribution < -0.4 is 9.70 Å². The lowest BCUT2D eigenvalue weighted by molar-refractivity contribution is 0.0520. The minimum Gasteiger partial charge on any atom is -0.461 e. The summed E-state index contributed by atoms with van der Waals surface area (Å²) in [6.07, 6.45) is 0. The van der Waals surface area contributed by atoms with Gasteiger partial charge in [-0.25, -0.2) is 9.78 Å². The Hall–Kier alpha value is -3.41. The Morgan fingerprint density at radius 3 is 2.69 bits per heavy atom. The molecule has 0 aliphatic carbocycles. The Morgan fingerprint density at radius 1 is 1.19 bits per heavy atom. The van der Waals surface area contributed by atoms with Crippen LogP contribution in [0.15, 0.2) is 35.3 Å². The van der Waals surface area contributed by atoms with Crippen LogP contribution in [0.5, 0.6) is 0 Å². The van der Waals surface area contributed by atoms with Gasteiger partial charge >= 0.3 is 5.97 Å². The van der Waals surface area contributed by atoms with E-state index in [9.17, 15) is 4.79 Å². The van der Waals surface area contributed by atoms with Crippen molar-refractivity contribution < 1.29 is 19.0 Å². The molecular weight excluding hydrogens is 589 g/mol. The van der Waals surface area contributed by atoms with Gasteiger partial charge in [-0.2, -0.15) is 4.99 Å². The number of hydrogen-bond donors (Lipinski definition) is 0. The highest BCUT2D eigenvalue weighted by molar-refractivity contribution is 7.16. The molecule has 3 heterocycles. The average Bonchev–Trinajstić information content (AvgIpc) is 3.53. The molecule has 0 aliphatic rings. The Bertz CT molecular complexity index is 1680. The lowest BCUT2D eigenvalue weighted by Gasteiger charge is -2.16. The Labute approximate surface area is 255 Å². The lowest BCUT2D eigenvalue weighted by atomic mass is 10.3. The predicted octanol–water partition coefficient (Wildman–Crippen LogP) is 5.74. The molecule has 0 fully saturated rings. The number of esters is 1. The molecule has 0 N–H and O–H groups in total. The second-order valence-corrected chi connectivity index (χ2v) is 18.2. The second kappa shape index (κ2) is 14.2. The molecule has 222 valence electrons. The van der Waals surface area contributed by atoms with Crippen molar-refractivity contribution in [3.05, 3.63) is 51.3 Å². The van der Waals surface area contributed by atoms with E-state index in [1.807, 2.05) is 32.2 Å². The fraction of sp³-hybridized carbons (Fsp3) is 0.414. The van der Waals surface area contributed by atoms with Crippen molar-refractivity contribution in [1.82, 2.24) is 19.7 Å². The van der Waals surface area contributed by atoms with E-state index in [-0.39, 0.29) is 18.9 Å². The number of thiazole rings is 2. The van der Waals surface area contributed by atoms with Crippen LogP contribution in [0.3, 0.4) is 0 Å². The third-order valence-corrected chi connectivity index (χ3v) is 9.90. The fourth-order valence-corrected chi connectivity index (χ4v) is 6.43. The maximum absolute atomic E-state index is 12.5. The number of aromatic nitrogens is 4. The van der Waals surface area contributed by atoms with Crippen LogP contribution in [0.25, 0.3) is 10.2 Å². The number of para-hydroxylation sites is 1. The Balaban J connectivity index is 1.63. The molecule has 0 spiro atoms. The summed E-state index contributed by atoms with van der Waals surface area (Å²) in [7, 11) is 2.19. The number of ether oxygens (including phenoxy) is 3. The van der Waals surface area contributed by atoms with Crippen molar-refractivity contribution in [3.63, 3.8) is 0 Å². The van der Waals surface area contributed by atoms with E-state index < -0.39 is 14.0 Å². The van der Waals surface area contributed by atoms with Gasteiger partial charge in [0.15, 0.2) is 27.3 Å². The van der Waals surface area contributed by atoms with Crippen LogP contribution in [0, 0.1) is 18.8 Å². The van der Waals surface area contributed by atoms with Crippen molar-refractivity contribution >= 4 is 63.7 Å². The quantitative estimate of drug-likeness (QED) is 0.0900. The van der Waals surface area contributed by atoms with Gasteiger partial charge in [0.05, 0.1) is 16.8 Å². The number of rotatable bonds is 11. The molecule has 0 aliphatic heterocycles. The first-order chi connectivity index (χ1) is 20.1. The van der Waals surface area contributed by atoms with Crippen molar-refractivity contribution in [2.24, 2.45) is 4.99 Å². The highest BCUT2D eigenvalue weighted by Crippen LogP contribution is 2.31. The van der Waals surface area contributed by atoms with E-state index in [4.69, 9.17) is 19.2 Å². The van der Waals surface area contributed by atoms with Gasteiger partial charge in [0.2, 0.25) is 0 Å². The predicted molar refractivity (Wildman–Crippen MR) is 171 cm³/mol. The van der Waals surface area contributed by atoms with Crippen molar-refractivity contribution in [2.45, 2.75) is 46.3 Å². The van der Waals surface area contributed by atoms with Gasteiger partial charge in [0, 0.05) is 28.8 Å². The van der Waals surface area contributed by atoms with Gasteiger partial charge in [0.25, 0.3) is 0 Å². The first kappa shape index (κ1) is 31.5. The van der Waals surface area contributed by atoms with Crippen molar-refractivity contribution in [3.8, 4) is 11.8 Å². The maximum Gasteiger partial charge on any atom is 0.359 e. The zero-order valence-corrected chi connectivity index (χ0v) is 27.7. The number of nitrogens with zero attached hydrogens (tertiary/aromatic N) is 6. The minimum atomic E-state index is -1.19. The minimum absolute atomic E-state index is 0.171. The summed E-state index contributed by atoms with van der Waals surface area (Å²) in [6.45, 7) is 12.4. The van der Waals surface area contributed by atoms with E-state index >= 15 is 0 Å². The fourth-order valence-electron chi connectivity index (χ4n) is 3.76. The molecule has 42 heavy (non-hydrogen) atoms. The summed E-state index contributed by atoms with van der Waals surface area (Å²) in [5.74, 6) is 6.40. The molecule has 0 unspecified atom stereocenters. The number of carbonyl (C=O) groups is 1. The monoisotopic (exact) mass is 624 g/mol. The van der Waals surface area contributed by atoms with Crippen LogP contribution in [-0.2, 0) is 20.9 Å². The number of carbonyl (C=O) groups excluding carboxylic acids is 1. The number of benzene rings is 1. The smallest absolute Gasteiger partial charge is 0.359 e.